The van der Waals surface area contributed by atoms with Crippen LogP contribution in [0.4, 0.5) is 0 Å². The van der Waals surface area contributed by atoms with Crippen LogP contribution in [0.25, 0.3) is 11.4 Å². The van der Waals surface area contributed by atoms with Crippen molar-refractivity contribution in [2.24, 2.45) is 11.7 Å². The summed E-state index contributed by atoms with van der Waals surface area (Å²) in [6, 6.07) is 1.75. The van der Waals surface area contributed by atoms with Crippen LogP contribution in [0.5, 0.6) is 0 Å². The summed E-state index contributed by atoms with van der Waals surface area (Å²) in [6.45, 7) is 0. The summed E-state index contributed by atoms with van der Waals surface area (Å²) in [5, 5.41) is 4.02. The minimum atomic E-state index is -0.156. The van der Waals surface area contributed by atoms with E-state index < -0.39 is 0 Å². The van der Waals surface area contributed by atoms with Gasteiger partial charge in [0.15, 0.2) is 0 Å². The van der Waals surface area contributed by atoms with E-state index in [-0.39, 0.29) is 6.04 Å². The third-order valence-electron chi connectivity index (χ3n) is 3.85. The highest BCUT2D eigenvalue weighted by Gasteiger charge is 2.26. The number of nitrogens with zero attached hydrogens (tertiary/aromatic N) is 3. The fraction of sp³-hybridized carbons (Fsp3) is 0.500. The minimum Gasteiger partial charge on any atom is -0.337 e. The molecule has 0 aliphatic heterocycles. The Labute approximate surface area is 126 Å². The lowest BCUT2D eigenvalue weighted by molar-refractivity contribution is 0.255. The van der Waals surface area contributed by atoms with E-state index in [0.717, 1.165) is 22.9 Å². The fourth-order valence-electron chi connectivity index (χ4n) is 2.72. The van der Waals surface area contributed by atoms with Crippen molar-refractivity contribution in [3.8, 4) is 11.4 Å². The van der Waals surface area contributed by atoms with Crippen molar-refractivity contribution in [2.75, 3.05) is 0 Å². The van der Waals surface area contributed by atoms with E-state index in [1.807, 2.05) is 6.07 Å². The zero-order chi connectivity index (χ0) is 13.9. The van der Waals surface area contributed by atoms with Crippen LogP contribution in [0.3, 0.4) is 0 Å². The van der Waals surface area contributed by atoms with Gasteiger partial charge in [-0.1, -0.05) is 24.4 Å². The average molecular weight is 337 g/mol. The first-order chi connectivity index (χ1) is 9.74. The molecule has 1 atom stereocenters. The predicted octanol–water partition coefficient (Wildman–Crippen LogP) is 3.47. The molecule has 2 heterocycles. The van der Waals surface area contributed by atoms with Crippen molar-refractivity contribution >= 4 is 15.9 Å². The van der Waals surface area contributed by atoms with E-state index >= 15 is 0 Å². The van der Waals surface area contributed by atoms with Gasteiger partial charge < -0.3 is 10.3 Å². The first kappa shape index (κ1) is 13.7. The van der Waals surface area contributed by atoms with Gasteiger partial charge in [0.2, 0.25) is 11.7 Å². The highest BCUT2D eigenvalue weighted by atomic mass is 79.9. The number of hydrogen-bond donors (Lipinski definition) is 1. The number of aromatic nitrogens is 3. The number of hydrogen-bond acceptors (Lipinski definition) is 5. The van der Waals surface area contributed by atoms with Crippen molar-refractivity contribution in [2.45, 2.75) is 38.1 Å². The third kappa shape index (κ3) is 2.91. The van der Waals surface area contributed by atoms with Gasteiger partial charge in [0.1, 0.15) is 0 Å². The Balaban J connectivity index is 1.79. The Morgan fingerprint density at radius 1 is 1.25 bits per heavy atom. The second-order valence-corrected chi connectivity index (χ2v) is 6.19. The van der Waals surface area contributed by atoms with Crippen LogP contribution in [-0.4, -0.2) is 15.1 Å². The van der Waals surface area contributed by atoms with Crippen LogP contribution in [0.15, 0.2) is 27.5 Å². The molecule has 20 heavy (non-hydrogen) atoms. The third-order valence-corrected chi connectivity index (χ3v) is 4.28. The lowest BCUT2D eigenvalue weighted by Crippen LogP contribution is -2.23. The number of nitrogens with two attached hydrogens (primary N) is 1. The van der Waals surface area contributed by atoms with Crippen LogP contribution < -0.4 is 5.73 Å². The monoisotopic (exact) mass is 336 g/mol. The summed E-state index contributed by atoms with van der Waals surface area (Å²) in [5.74, 6) is 1.53. The Kier molecular flexibility index (Phi) is 4.12. The highest BCUT2D eigenvalue weighted by molar-refractivity contribution is 9.10. The van der Waals surface area contributed by atoms with Crippen LogP contribution >= 0.6 is 15.9 Å². The van der Waals surface area contributed by atoms with Crippen LogP contribution in [0.2, 0.25) is 0 Å². The van der Waals surface area contributed by atoms with Crippen molar-refractivity contribution in [1.82, 2.24) is 15.1 Å². The largest absolute Gasteiger partial charge is 0.337 e. The van der Waals surface area contributed by atoms with E-state index in [4.69, 9.17) is 10.3 Å². The van der Waals surface area contributed by atoms with Crippen molar-refractivity contribution in [3.63, 3.8) is 0 Å². The summed E-state index contributed by atoms with van der Waals surface area (Å²) < 4.78 is 6.23. The van der Waals surface area contributed by atoms with E-state index in [2.05, 4.69) is 31.1 Å². The summed E-state index contributed by atoms with van der Waals surface area (Å²) in [6.07, 6.45) is 9.53. The second kappa shape index (κ2) is 6.01. The van der Waals surface area contributed by atoms with Gasteiger partial charge >= 0.3 is 0 Å². The molecule has 3 rings (SSSR count). The Bertz CT molecular complexity index is 580. The van der Waals surface area contributed by atoms with Gasteiger partial charge in [0.05, 0.1) is 6.04 Å². The average Bonchev–Trinajstić information content (AvgIpc) is 2.97. The van der Waals surface area contributed by atoms with E-state index in [9.17, 15) is 0 Å². The van der Waals surface area contributed by atoms with Gasteiger partial charge in [0, 0.05) is 22.4 Å². The topological polar surface area (TPSA) is 77.8 Å². The molecule has 5 nitrogen and oxygen atoms in total. The first-order valence-electron chi connectivity index (χ1n) is 6.94. The lowest BCUT2D eigenvalue weighted by Gasteiger charge is -2.24. The molecular weight excluding hydrogens is 320 g/mol. The van der Waals surface area contributed by atoms with E-state index in [0.29, 0.717) is 17.6 Å². The van der Waals surface area contributed by atoms with E-state index in [1.165, 1.54) is 19.3 Å². The van der Waals surface area contributed by atoms with Crippen LogP contribution in [0, 0.1) is 5.92 Å². The molecule has 0 spiro atoms. The molecule has 2 N–H and O–H groups in total. The fourth-order valence-corrected chi connectivity index (χ4v) is 3.08. The molecule has 0 bridgehead atoms. The molecule has 0 saturated heterocycles. The van der Waals surface area contributed by atoms with E-state index in [1.54, 1.807) is 12.4 Å². The summed E-state index contributed by atoms with van der Waals surface area (Å²) >= 11 is 3.38. The molecule has 1 aliphatic rings. The van der Waals surface area contributed by atoms with Gasteiger partial charge in [-0.05, 0) is 40.8 Å². The Hall–Kier alpha value is -1.27. The quantitative estimate of drug-likeness (QED) is 0.928. The zero-order valence-corrected chi connectivity index (χ0v) is 12.7. The Morgan fingerprint density at radius 3 is 2.80 bits per heavy atom. The molecule has 1 fully saturated rings. The first-order valence-corrected chi connectivity index (χ1v) is 7.73. The summed E-state index contributed by atoms with van der Waals surface area (Å²) in [4.78, 5) is 8.54. The van der Waals surface area contributed by atoms with Gasteiger partial charge in [-0.2, -0.15) is 4.98 Å². The van der Waals surface area contributed by atoms with Gasteiger partial charge in [0.25, 0.3) is 0 Å². The molecule has 1 aliphatic carbocycles. The lowest BCUT2D eigenvalue weighted by atomic mass is 9.84. The normalized spacial score (nSPS) is 18.1. The molecular formula is C14H17BrN4O. The molecule has 0 aromatic carbocycles. The SMILES string of the molecule is NC(c1nc(-c2cncc(Br)c2)no1)C1CCCCC1. The number of halogens is 1. The molecule has 1 saturated carbocycles. The molecule has 2 aromatic rings. The van der Waals surface area contributed by atoms with Gasteiger partial charge in [-0.25, -0.2) is 0 Å². The molecule has 2 aromatic heterocycles. The maximum Gasteiger partial charge on any atom is 0.244 e. The maximum atomic E-state index is 6.27. The van der Waals surface area contributed by atoms with Crippen LogP contribution in [-0.2, 0) is 0 Å². The predicted molar refractivity (Wildman–Crippen MR) is 78.7 cm³/mol. The van der Waals surface area contributed by atoms with Crippen molar-refractivity contribution in [1.29, 1.82) is 0 Å². The van der Waals surface area contributed by atoms with Gasteiger partial charge in [-0.3, -0.25) is 4.98 Å². The Morgan fingerprint density at radius 2 is 2.05 bits per heavy atom. The molecule has 6 heteroatoms. The van der Waals surface area contributed by atoms with Gasteiger partial charge in [-0.15, -0.1) is 0 Å². The molecule has 0 radical (unpaired) electrons. The van der Waals surface area contributed by atoms with Crippen molar-refractivity contribution in [3.05, 3.63) is 28.8 Å². The number of rotatable bonds is 3. The smallest absolute Gasteiger partial charge is 0.244 e. The second-order valence-electron chi connectivity index (χ2n) is 5.27. The highest BCUT2D eigenvalue weighted by Crippen LogP contribution is 2.32. The summed E-state index contributed by atoms with van der Waals surface area (Å²) in [5.41, 5.74) is 7.09. The molecule has 1 unspecified atom stereocenters. The van der Waals surface area contributed by atoms with Crippen molar-refractivity contribution < 1.29 is 4.52 Å². The standard InChI is InChI=1S/C14H17BrN4O/c15-11-6-10(7-17-8-11)13-18-14(20-19-13)12(16)9-4-2-1-3-5-9/h6-9,12H,1-5,16H2. The van der Waals surface area contributed by atoms with Crippen LogP contribution in [0.1, 0.15) is 44.0 Å². The maximum absolute atomic E-state index is 6.27. The summed E-state index contributed by atoms with van der Waals surface area (Å²) in [7, 11) is 0. The number of pyridine rings is 1. The minimum absolute atomic E-state index is 0.156. The zero-order valence-electron chi connectivity index (χ0n) is 11.1. The molecule has 106 valence electrons. The molecule has 0 amide bonds.